The van der Waals surface area contributed by atoms with Crippen molar-refractivity contribution in [1.82, 2.24) is 4.90 Å². The minimum atomic E-state index is -4.21. The van der Waals surface area contributed by atoms with Gasteiger partial charge in [0.25, 0.3) is 0 Å². The van der Waals surface area contributed by atoms with Crippen molar-refractivity contribution >= 4 is 0 Å². The summed E-state index contributed by atoms with van der Waals surface area (Å²) in [6.07, 6.45) is -3.54. The molecule has 0 aliphatic heterocycles. The fourth-order valence-electron chi connectivity index (χ4n) is 2.79. The van der Waals surface area contributed by atoms with Gasteiger partial charge in [0, 0.05) is 12.1 Å². The maximum atomic E-state index is 12.8. The molecule has 1 rings (SSSR count). The number of halogens is 3. The van der Waals surface area contributed by atoms with E-state index in [2.05, 4.69) is 0 Å². The normalized spacial score (nSPS) is 15.5. The predicted molar refractivity (Wildman–Crippen MR) is 79.9 cm³/mol. The van der Waals surface area contributed by atoms with Gasteiger partial charge in [0.05, 0.1) is 6.54 Å². The number of alkyl halides is 3. The van der Waals surface area contributed by atoms with Gasteiger partial charge in [0.2, 0.25) is 0 Å². The Balaban J connectivity index is 3.01. The van der Waals surface area contributed by atoms with Gasteiger partial charge >= 0.3 is 6.18 Å². The predicted octanol–water partition coefficient (Wildman–Crippen LogP) is 3.99. The maximum Gasteiger partial charge on any atom is 0.401 e. The fourth-order valence-corrected chi connectivity index (χ4v) is 2.79. The van der Waals surface area contributed by atoms with Gasteiger partial charge in [0.1, 0.15) is 0 Å². The van der Waals surface area contributed by atoms with Crippen molar-refractivity contribution in [2.24, 2.45) is 11.7 Å². The Labute approximate surface area is 125 Å². The van der Waals surface area contributed by atoms with Crippen molar-refractivity contribution in [3.05, 3.63) is 35.9 Å². The molecule has 0 saturated heterocycles. The van der Waals surface area contributed by atoms with E-state index < -0.39 is 18.8 Å². The van der Waals surface area contributed by atoms with E-state index in [0.717, 1.165) is 5.56 Å². The highest BCUT2D eigenvalue weighted by molar-refractivity contribution is 5.20. The summed E-state index contributed by atoms with van der Waals surface area (Å²) in [7, 11) is 0. The lowest BCUT2D eigenvalue weighted by molar-refractivity contribution is -0.154. The Kier molecular flexibility index (Phi) is 6.68. The molecule has 2 nitrogen and oxygen atoms in total. The average Bonchev–Trinajstić information content (AvgIpc) is 2.37. The largest absolute Gasteiger partial charge is 0.401 e. The summed E-state index contributed by atoms with van der Waals surface area (Å²) in [5.74, 6) is 0.0362. The monoisotopic (exact) mass is 302 g/mol. The number of benzene rings is 1. The Hall–Kier alpha value is -1.07. The molecule has 2 unspecified atom stereocenters. The number of hydrogen-bond acceptors (Lipinski definition) is 2. The van der Waals surface area contributed by atoms with Gasteiger partial charge in [0.15, 0.2) is 0 Å². The zero-order valence-corrected chi connectivity index (χ0v) is 12.9. The highest BCUT2D eigenvalue weighted by Gasteiger charge is 2.37. The van der Waals surface area contributed by atoms with Gasteiger partial charge in [-0.05, 0) is 24.4 Å². The third-order valence-corrected chi connectivity index (χ3v) is 3.55. The minimum Gasteiger partial charge on any atom is -0.323 e. The summed E-state index contributed by atoms with van der Waals surface area (Å²) in [6.45, 7) is 5.21. The van der Waals surface area contributed by atoms with Gasteiger partial charge in [-0.25, -0.2) is 0 Å². The highest BCUT2D eigenvalue weighted by Crippen LogP contribution is 2.28. The van der Waals surface area contributed by atoms with E-state index in [1.165, 1.54) is 4.90 Å². The van der Waals surface area contributed by atoms with E-state index in [4.69, 9.17) is 5.73 Å². The second-order valence-electron chi connectivity index (χ2n) is 5.76. The molecule has 120 valence electrons. The number of hydrogen-bond donors (Lipinski definition) is 1. The van der Waals surface area contributed by atoms with Crippen LogP contribution in [0.5, 0.6) is 0 Å². The molecule has 21 heavy (non-hydrogen) atoms. The summed E-state index contributed by atoms with van der Waals surface area (Å²) < 4.78 is 38.5. The summed E-state index contributed by atoms with van der Waals surface area (Å²) in [5, 5.41) is 0. The molecule has 0 bridgehead atoms. The fraction of sp³-hybridized carbons (Fsp3) is 0.625. The molecule has 2 atom stereocenters. The summed E-state index contributed by atoms with van der Waals surface area (Å²) in [5.41, 5.74) is 7.16. The van der Waals surface area contributed by atoms with E-state index >= 15 is 0 Å². The first-order valence-corrected chi connectivity index (χ1v) is 7.37. The van der Waals surface area contributed by atoms with Crippen LogP contribution in [0.3, 0.4) is 0 Å². The standard InChI is InChI=1S/C16H25F3N2/c1-4-10-21(11-16(17,18)19)15(12(2)3)14(20)13-8-6-5-7-9-13/h5-9,12,14-15H,4,10-11,20H2,1-3H3. The third-order valence-electron chi connectivity index (χ3n) is 3.55. The SMILES string of the molecule is CCCN(CC(F)(F)F)C(C(C)C)C(N)c1ccccc1. The van der Waals surface area contributed by atoms with Gasteiger partial charge < -0.3 is 5.73 Å². The number of rotatable bonds is 7. The summed E-state index contributed by atoms with van der Waals surface area (Å²) in [6, 6.07) is 8.57. The molecule has 2 N–H and O–H groups in total. The van der Waals surface area contributed by atoms with E-state index in [1.54, 1.807) is 0 Å². The molecule has 1 aromatic rings. The maximum absolute atomic E-state index is 12.8. The molecular formula is C16H25F3N2. The van der Waals surface area contributed by atoms with Crippen molar-refractivity contribution < 1.29 is 13.2 Å². The van der Waals surface area contributed by atoms with Crippen molar-refractivity contribution in [3.63, 3.8) is 0 Å². The van der Waals surface area contributed by atoms with Gasteiger partial charge in [-0.1, -0.05) is 51.1 Å². The first-order chi connectivity index (χ1) is 9.76. The molecule has 0 heterocycles. The molecule has 0 fully saturated rings. The van der Waals surface area contributed by atoms with Gasteiger partial charge in [-0.2, -0.15) is 13.2 Å². The quantitative estimate of drug-likeness (QED) is 0.825. The lowest BCUT2D eigenvalue weighted by Crippen LogP contribution is -2.50. The van der Waals surface area contributed by atoms with Crippen LogP contribution in [-0.2, 0) is 0 Å². The first-order valence-electron chi connectivity index (χ1n) is 7.37. The number of nitrogens with zero attached hydrogens (tertiary/aromatic N) is 1. The van der Waals surface area contributed by atoms with Crippen LogP contribution in [0, 0.1) is 5.92 Å². The molecule has 0 amide bonds. The first kappa shape index (κ1) is 18.0. The van der Waals surface area contributed by atoms with E-state index in [1.807, 2.05) is 51.1 Å². The molecular weight excluding hydrogens is 277 g/mol. The third kappa shape index (κ3) is 5.67. The second kappa shape index (κ2) is 7.80. The Morgan fingerprint density at radius 3 is 2.14 bits per heavy atom. The Morgan fingerprint density at radius 1 is 1.14 bits per heavy atom. The van der Waals surface area contributed by atoms with Crippen LogP contribution in [0.25, 0.3) is 0 Å². The number of nitrogens with two attached hydrogens (primary N) is 1. The molecule has 0 spiro atoms. The zero-order chi connectivity index (χ0) is 16.0. The van der Waals surface area contributed by atoms with Crippen LogP contribution < -0.4 is 5.73 Å². The van der Waals surface area contributed by atoms with Crippen LogP contribution in [0.15, 0.2) is 30.3 Å². The Bertz CT molecular complexity index is 404. The van der Waals surface area contributed by atoms with Crippen molar-refractivity contribution in [2.45, 2.75) is 45.5 Å². The lowest BCUT2D eigenvalue weighted by atomic mass is 9.90. The molecule has 0 aliphatic rings. The van der Waals surface area contributed by atoms with Gasteiger partial charge in [-0.3, -0.25) is 4.90 Å². The van der Waals surface area contributed by atoms with Crippen LogP contribution in [0.4, 0.5) is 13.2 Å². The molecule has 5 heteroatoms. The van der Waals surface area contributed by atoms with Gasteiger partial charge in [-0.15, -0.1) is 0 Å². The second-order valence-corrected chi connectivity index (χ2v) is 5.76. The average molecular weight is 302 g/mol. The molecule has 1 aromatic carbocycles. The zero-order valence-electron chi connectivity index (χ0n) is 12.9. The molecule has 0 aliphatic carbocycles. The summed E-state index contributed by atoms with van der Waals surface area (Å²) in [4.78, 5) is 1.47. The topological polar surface area (TPSA) is 29.3 Å². The minimum absolute atomic E-state index is 0.0362. The highest BCUT2D eigenvalue weighted by atomic mass is 19.4. The van der Waals surface area contributed by atoms with Crippen LogP contribution in [-0.4, -0.2) is 30.2 Å². The lowest BCUT2D eigenvalue weighted by Gasteiger charge is -2.38. The van der Waals surface area contributed by atoms with E-state index in [-0.39, 0.29) is 12.0 Å². The Morgan fingerprint density at radius 2 is 1.71 bits per heavy atom. The summed E-state index contributed by atoms with van der Waals surface area (Å²) >= 11 is 0. The van der Waals surface area contributed by atoms with Crippen molar-refractivity contribution in [2.75, 3.05) is 13.1 Å². The molecule has 0 radical (unpaired) electrons. The van der Waals surface area contributed by atoms with Crippen molar-refractivity contribution in [3.8, 4) is 0 Å². The van der Waals surface area contributed by atoms with E-state index in [9.17, 15) is 13.2 Å². The molecule has 0 aromatic heterocycles. The van der Waals surface area contributed by atoms with Crippen LogP contribution >= 0.6 is 0 Å². The van der Waals surface area contributed by atoms with E-state index in [0.29, 0.717) is 13.0 Å². The van der Waals surface area contributed by atoms with Crippen molar-refractivity contribution in [1.29, 1.82) is 0 Å². The van der Waals surface area contributed by atoms with Crippen LogP contribution in [0.1, 0.15) is 38.8 Å². The molecule has 0 saturated carbocycles. The smallest absolute Gasteiger partial charge is 0.323 e. The van der Waals surface area contributed by atoms with Crippen LogP contribution in [0.2, 0.25) is 0 Å².